The monoisotopic (exact) mass is 360 g/mol. The molecule has 0 radical (unpaired) electrons. The van der Waals surface area contributed by atoms with Gasteiger partial charge in [0.25, 0.3) is 0 Å². The van der Waals surface area contributed by atoms with Crippen LogP contribution >= 0.6 is 8.38 Å². The molecule has 0 unspecified atom stereocenters. The Bertz CT molecular complexity index is 360. The van der Waals surface area contributed by atoms with Gasteiger partial charge < -0.3 is 13.8 Å². The lowest BCUT2D eigenvalue weighted by molar-refractivity contribution is 0.0526. The van der Waals surface area contributed by atoms with Crippen molar-refractivity contribution in [3.8, 4) is 0 Å². The Morgan fingerprint density at radius 2 is 1.21 bits per heavy atom. The molecular weight excluding hydrogens is 323 g/mol. The Morgan fingerprint density at radius 1 is 0.792 bits per heavy atom. The second-order valence-corrected chi connectivity index (χ2v) is 4.91. The summed E-state index contributed by atoms with van der Waals surface area (Å²) in [6.07, 6.45) is 0. The first-order valence-electron chi connectivity index (χ1n) is 9.06. The fraction of sp³-hybridized carbons (Fsp3) is 0.632. The van der Waals surface area contributed by atoms with Gasteiger partial charge in [0.15, 0.2) is 0 Å². The molecule has 0 heterocycles. The quantitative estimate of drug-likeness (QED) is 0.445. The Kier molecular flexibility index (Phi) is 25.6. The van der Waals surface area contributed by atoms with Crippen molar-refractivity contribution in [3.05, 3.63) is 29.8 Å². The number of carbonyl (C=O) groups excluding carboxylic acids is 1. The van der Waals surface area contributed by atoms with E-state index in [1.807, 2.05) is 67.5 Å². The van der Waals surface area contributed by atoms with Crippen LogP contribution in [0.5, 0.6) is 0 Å². The van der Waals surface area contributed by atoms with E-state index in [-0.39, 0.29) is 5.97 Å². The molecule has 0 saturated heterocycles. The zero-order valence-electron chi connectivity index (χ0n) is 17.0. The number of ether oxygens (including phenoxy) is 1. The van der Waals surface area contributed by atoms with E-state index in [0.29, 0.717) is 25.4 Å². The first kappa shape index (κ1) is 27.9. The number of esters is 1. The molecule has 0 aliphatic carbocycles. The highest BCUT2D eigenvalue weighted by Gasteiger charge is 2.13. The van der Waals surface area contributed by atoms with Crippen LogP contribution in [0, 0.1) is 0 Å². The lowest BCUT2D eigenvalue weighted by Gasteiger charge is -2.15. The van der Waals surface area contributed by atoms with Crippen LogP contribution in [0.25, 0.3) is 0 Å². The van der Waals surface area contributed by atoms with Crippen LogP contribution in [0.1, 0.15) is 72.7 Å². The molecule has 0 N–H and O–H groups in total. The van der Waals surface area contributed by atoms with Gasteiger partial charge in [0.05, 0.1) is 25.4 Å². The van der Waals surface area contributed by atoms with Crippen molar-refractivity contribution in [1.29, 1.82) is 0 Å². The molecule has 0 atom stereocenters. The predicted molar refractivity (Wildman–Crippen MR) is 106 cm³/mol. The molecule has 142 valence electrons. The molecule has 0 saturated carbocycles. The summed E-state index contributed by atoms with van der Waals surface area (Å²) in [5.41, 5.74) is 0.545. The van der Waals surface area contributed by atoms with E-state index in [0.717, 1.165) is 5.30 Å². The SMILES string of the molecule is CC.CC.CC.CCOC(=O)c1ccc(P(OCC)OCC)cc1. The Labute approximate surface area is 150 Å². The third-order valence-corrected chi connectivity index (χ3v) is 3.79. The van der Waals surface area contributed by atoms with Gasteiger partial charge in [-0.3, -0.25) is 0 Å². The summed E-state index contributed by atoms with van der Waals surface area (Å²) in [5.74, 6) is -0.304. The summed E-state index contributed by atoms with van der Waals surface area (Å²) in [6.45, 7) is 19.2. The van der Waals surface area contributed by atoms with Gasteiger partial charge in [0.2, 0.25) is 8.38 Å². The molecule has 4 nitrogen and oxygen atoms in total. The topological polar surface area (TPSA) is 44.8 Å². The van der Waals surface area contributed by atoms with Crippen molar-refractivity contribution >= 4 is 19.6 Å². The predicted octanol–water partition coefficient (Wildman–Crippen LogP) is 5.95. The Hall–Kier alpha value is -0.960. The maximum absolute atomic E-state index is 11.5. The third kappa shape index (κ3) is 12.5. The van der Waals surface area contributed by atoms with Gasteiger partial charge in [-0.1, -0.05) is 41.5 Å². The minimum Gasteiger partial charge on any atom is -0.462 e. The summed E-state index contributed by atoms with van der Waals surface area (Å²) in [4.78, 5) is 11.5. The number of benzene rings is 1. The van der Waals surface area contributed by atoms with Crippen molar-refractivity contribution in [2.45, 2.75) is 62.3 Å². The molecule has 0 aliphatic heterocycles. The van der Waals surface area contributed by atoms with E-state index < -0.39 is 8.38 Å². The molecule has 0 spiro atoms. The van der Waals surface area contributed by atoms with Crippen LogP contribution in [-0.2, 0) is 13.8 Å². The van der Waals surface area contributed by atoms with Crippen LogP contribution < -0.4 is 5.30 Å². The van der Waals surface area contributed by atoms with Gasteiger partial charge in [-0.25, -0.2) is 4.79 Å². The molecule has 0 bridgehead atoms. The van der Waals surface area contributed by atoms with Gasteiger partial charge in [0.1, 0.15) is 0 Å². The molecule has 0 fully saturated rings. The second-order valence-electron chi connectivity index (χ2n) is 3.36. The van der Waals surface area contributed by atoms with Gasteiger partial charge in [-0.05, 0) is 45.0 Å². The highest BCUT2D eigenvalue weighted by molar-refractivity contribution is 7.56. The lowest BCUT2D eigenvalue weighted by Crippen LogP contribution is -2.09. The third-order valence-electron chi connectivity index (χ3n) is 2.08. The zero-order valence-corrected chi connectivity index (χ0v) is 17.9. The van der Waals surface area contributed by atoms with Gasteiger partial charge in [-0.2, -0.15) is 0 Å². The first-order valence-corrected chi connectivity index (χ1v) is 10.2. The van der Waals surface area contributed by atoms with Crippen molar-refractivity contribution in [1.82, 2.24) is 0 Å². The molecule has 1 rings (SSSR count). The van der Waals surface area contributed by atoms with Crippen LogP contribution in [0.15, 0.2) is 24.3 Å². The average molecular weight is 360 g/mol. The lowest BCUT2D eigenvalue weighted by atomic mass is 10.2. The van der Waals surface area contributed by atoms with Crippen LogP contribution in [0.2, 0.25) is 0 Å². The van der Waals surface area contributed by atoms with Crippen molar-refractivity contribution < 1.29 is 18.6 Å². The fourth-order valence-electron chi connectivity index (χ4n) is 1.35. The molecule has 24 heavy (non-hydrogen) atoms. The normalized spacial score (nSPS) is 8.75. The van der Waals surface area contributed by atoms with E-state index in [9.17, 15) is 4.79 Å². The number of hydrogen-bond donors (Lipinski definition) is 0. The summed E-state index contributed by atoms with van der Waals surface area (Å²) in [7, 11) is -1.05. The minimum absolute atomic E-state index is 0.304. The summed E-state index contributed by atoms with van der Waals surface area (Å²) < 4.78 is 16.0. The zero-order chi connectivity index (χ0) is 19.4. The smallest absolute Gasteiger partial charge is 0.338 e. The molecule has 5 heteroatoms. The van der Waals surface area contributed by atoms with Gasteiger partial charge in [0, 0.05) is 5.30 Å². The average Bonchev–Trinajstić information content (AvgIpc) is 2.67. The fourth-order valence-corrected chi connectivity index (χ4v) is 2.59. The van der Waals surface area contributed by atoms with Gasteiger partial charge >= 0.3 is 5.97 Å². The highest BCUT2D eigenvalue weighted by atomic mass is 31.2. The van der Waals surface area contributed by atoms with E-state index in [2.05, 4.69) is 0 Å². The van der Waals surface area contributed by atoms with Crippen LogP contribution in [0.4, 0.5) is 0 Å². The van der Waals surface area contributed by atoms with Crippen LogP contribution in [0.3, 0.4) is 0 Å². The number of carbonyl (C=O) groups is 1. The molecule has 0 aliphatic rings. The van der Waals surface area contributed by atoms with Crippen molar-refractivity contribution in [2.75, 3.05) is 19.8 Å². The van der Waals surface area contributed by atoms with Crippen molar-refractivity contribution in [2.24, 2.45) is 0 Å². The van der Waals surface area contributed by atoms with E-state index in [1.165, 1.54) is 0 Å². The summed E-state index contributed by atoms with van der Waals surface area (Å²) in [6, 6.07) is 7.17. The minimum atomic E-state index is -1.05. The second kappa shape index (κ2) is 22.0. The van der Waals surface area contributed by atoms with Crippen LogP contribution in [-0.4, -0.2) is 25.8 Å². The Morgan fingerprint density at radius 3 is 1.54 bits per heavy atom. The van der Waals surface area contributed by atoms with Crippen molar-refractivity contribution in [3.63, 3.8) is 0 Å². The first-order chi connectivity index (χ1) is 11.7. The molecule has 1 aromatic carbocycles. The summed E-state index contributed by atoms with van der Waals surface area (Å²) in [5, 5.41) is 0.960. The Balaban J connectivity index is -0.000000659. The molecule has 0 amide bonds. The highest BCUT2D eigenvalue weighted by Crippen LogP contribution is 2.36. The van der Waals surface area contributed by atoms with Gasteiger partial charge in [-0.15, -0.1) is 0 Å². The number of hydrogen-bond acceptors (Lipinski definition) is 4. The molecule has 1 aromatic rings. The molecule has 0 aromatic heterocycles. The van der Waals surface area contributed by atoms with E-state index in [1.54, 1.807) is 19.1 Å². The maximum atomic E-state index is 11.5. The maximum Gasteiger partial charge on any atom is 0.338 e. The molecular formula is C19H37O4P. The largest absolute Gasteiger partial charge is 0.462 e. The summed E-state index contributed by atoms with van der Waals surface area (Å²) >= 11 is 0. The number of rotatable bonds is 7. The van der Waals surface area contributed by atoms with E-state index in [4.69, 9.17) is 13.8 Å². The van der Waals surface area contributed by atoms with E-state index >= 15 is 0 Å². The standard InChI is InChI=1S/C13H19O4P.3C2H6/c1-4-15-13(14)11-7-9-12(10-8-11)18(16-5-2)17-6-3;3*1-2/h7-10H,4-6H2,1-3H3;3*1-2H3.